The molecule has 0 saturated heterocycles. The first-order valence-corrected chi connectivity index (χ1v) is 8.19. The molecule has 0 spiro atoms. The Kier molecular flexibility index (Phi) is 3.79. The number of nitrogens with zero attached hydrogens (tertiary/aromatic N) is 2. The van der Waals surface area contributed by atoms with Crippen LogP contribution in [0.4, 0.5) is 5.13 Å². The SMILES string of the molecule is O=C(Nc1nnc(-c2ccccc2Cl)s1)c1ccc2c(c1)OCO2. The zero-order chi connectivity index (χ0) is 16.5. The fourth-order valence-electron chi connectivity index (χ4n) is 2.22. The third-order valence-corrected chi connectivity index (χ3v) is 4.59. The van der Waals surface area contributed by atoms with Crippen LogP contribution in [0.5, 0.6) is 11.5 Å². The van der Waals surface area contributed by atoms with Crippen LogP contribution < -0.4 is 14.8 Å². The molecule has 0 bridgehead atoms. The molecule has 1 N–H and O–H groups in total. The molecule has 24 heavy (non-hydrogen) atoms. The van der Waals surface area contributed by atoms with Gasteiger partial charge in [0.05, 0.1) is 5.02 Å². The molecule has 0 atom stereocenters. The Morgan fingerprint density at radius 1 is 1.12 bits per heavy atom. The summed E-state index contributed by atoms with van der Waals surface area (Å²) in [4.78, 5) is 12.3. The maximum atomic E-state index is 12.3. The van der Waals surface area contributed by atoms with Crippen LogP contribution >= 0.6 is 22.9 Å². The number of carbonyl (C=O) groups is 1. The molecule has 6 nitrogen and oxygen atoms in total. The molecule has 1 aromatic heterocycles. The van der Waals surface area contributed by atoms with Gasteiger partial charge >= 0.3 is 0 Å². The zero-order valence-electron chi connectivity index (χ0n) is 12.2. The van der Waals surface area contributed by atoms with E-state index in [0.717, 1.165) is 5.56 Å². The van der Waals surface area contributed by atoms with E-state index >= 15 is 0 Å². The third kappa shape index (κ3) is 2.79. The zero-order valence-corrected chi connectivity index (χ0v) is 13.7. The molecule has 1 amide bonds. The molecule has 0 radical (unpaired) electrons. The monoisotopic (exact) mass is 359 g/mol. The lowest BCUT2D eigenvalue weighted by Crippen LogP contribution is -2.11. The van der Waals surface area contributed by atoms with Crippen molar-refractivity contribution >= 4 is 34.0 Å². The minimum Gasteiger partial charge on any atom is -0.454 e. The number of nitrogens with one attached hydrogen (secondary N) is 1. The van der Waals surface area contributed by atoms with Gasteiger partial charge in [-0.2, -0.15) is 0 Å². The van der Waals surface area contributed by atoms with Gasteiger partial charge in [0.15, 0.2) is 16.5 Å². The summed E-state index contributed by atoms with van der Waals surface area (Å²) >= 11 is 7.40. The van der Waals surface area contributed by atoms with Crippen molar-refractivity contribution in [1.82, 2.24) is 10.2 Å². The number of ether oxygens (including phenoxy) is 2. The van der Waals surface area contributed by atoms with Crippen LogP contribution in [0, 0.1) is 0 Å². The van der Waals surface area contributed by atoms with E-state index in [2.05, 4.69) is 15.5 Å². The first kappa shape index (κ1) is 14.9. The van der Waals surface area contributed by atoms with Crippen molar-refractivity contribution in [3.8, 4) is 22.1 Å². The Hall–Kier alpha value is -2.64. The Morgan fingerprint density at radius 3 is 2.83 bits per heavy atom. The Bertz CT molecular complexity index is 928. The van der Waals surface area contributed by atoms with Gasteiger partial charge in [0.25, 0.3) is 5.91 Å². The van der Waals surface area contributed by atoms with Crippen LogP contribution in [0.15, 0.2) is 42.5 Å². The first-order chi connectivity index (χ1) is 11.7. The molecule has 1 aliphatic heterocycles. The summed E-state index contributed by atoms with van der Waals surface area (Å²) in [5.74, 6) is 0.885. The fourth-order valence-corrected chi connectivity index (χ4v) is 3.28. The molecule has 120 valence electrons. The van der Waals surface area contributed by atoms with Crippen molar-refractivity contribution in [2.75, 3.05) is 12.1 Å². The summed E-state index contributed by atoms with van der Waals surface area (Å²) < 4.78 is 10.5. The summed E-state index contributed by atoms with van der Waals surface area (Å²) in [7, 11) is 0. The van der Waals surface area contributed by atoms with Crippen molar-refractivity contribution in [3.05, 3.63) is 53.1 Å². The minimum atomic E-state index is -0.296. The molecule has 0 unspecified atom stereocenters. The van der Waals surface area contributed by atoms with Gasteiger partial charge in [-0.25, -0.2) is 0 Å². The molecule has 4 rings (SSSR count). The van der Waals surface area contributed by atoms with Crippen molar-refractivity contribution in [1.29, 1.82) is 0 Å². The molecule has 0 aliphatic carbocycles. The van der Waals surface area contributed by atoms with Crippen molar-refractivity contribution in [3.63, 3.8) is 0 Å². The van der Waals surface area contributed by atoms with Gasteiger partial charge in [0, 0.05) is 11.1 Å². The maximum absolute atomic E-state index is 12.3. The van der Waals surface area contributed by atoms with Gasteiger partial charge in [0.1, 0.15) is 0 Å². The van der Waals surface area contributed by atoms with Gasteiger partial charge < -0.3 is 9.47 Å². The highest BCUT2D eigenvalue weighted by atomic mass is 35.5. The number of hydrogen-bond donors (Lipinski definition) is 1. The fraction of sp³-hybridized carbons (Fsp3) is 0.0625. The largest absolute Gasteiger partial charge is 0.454 e. The minimum absolute atomic E-state index is 0.165. The highest BCUT2D eigenvalue weighted by molar-refractivity contribution is 7.18. The van der Waals surface area contributed by atoms with Crippen LogP contribution in [0.3, 0.4) is 0 Å². The number of fused-ring (bicyclic) bond motifs is 1. The van der Waals surface area contributed by atoms with E-state index in [-0.39, 0.29) is 12.7 Å². The molecule has 0 saturated carbocycles. The van der Waals surface area contributed by atoms with Crippen LogP contribution in [0.2, 0.25) is 5.02 Å². The van der Waals surface area contributed by atoms with Gasteiger partial charge in [-0.05, 0) is 24.3 Å². The highest BCUT2D eigenvalue weighted by Crippen LogP contribution is 2.34. The van der Waals surface area contributed by atoms with E-state index in [9.17, 15) is 4.79 Å². The number of rotatable bonds is 3. The van der Waals surface area contributed by atoms with Crippen LogP contribution in [-0.4, -0.2) is 22.9 Å². The topological polar surface area (TPSA) is 73.3 Å². The summed E-state index contributed by atoms with van der Waals surface area (Å²) in [5.41, 5.74) is 1.23. The van der Waals surface area contributed by atoms with Crippen molar-refractivity contribution < 1.29 is 14.3 Å². The average molecular weight is 360 g/mol. The van der Waals surface area contributed by atoms with E-state index in [1.54, 1.807) is 24.3 Å². The lowest BCUT2D eigenvalue weighted by Gasteiger charge is -2.02. The first-order valence-electron chi connectivity index (χ1n) is 7.00. The molecule has 2 heterocycles. The smallest absolute Gasteiger partial charge is 0.257 e. The van der Waals surface area contributed by atoms with Gasteiger partial charge in [-0.3, -0.25) is 10.1 Å². The van der Waals surface area contributed by atoms with Crippen molar-refractivity contribution in [2.24, 2.45) is 0 Å². The second kappa shape index (κ2) is 6.10. The van der Waals surface area contributed by atoms with E-state index in [1.165, 1.54) is 11.3 Å². The number of halogens is 1. The second-order valence-electron chi connectivity index (χ2n) is 4.91. The maximum Gasteiger partial charge on any atom is 0.257 e. The van der Waals surface area contributed by atoms with E-state index in [1.807, 2.05) is 18.2 Å². The van der Waals surface area contributed by atoms with Gasteiger partial charge in [0.2, 0.25) is 11.9 Å². The predicted octanol–water partition coefficient (Wildman–Crippen LogP) is 3.84. The molecular weight excluding hydrogens is 350 g/mol. The molecule has 1 aliphatic rings. The number of hydrogen-bond acceptors (Lipinski definition) is 6. The predicted molar refractivity (Wildman–Crippen MR) is 90.9 cm³/mol. The summed E-state index contributed by atoms with van der Waals surface area (Å²) in [5, 5.41) is 12.4. The Morgan fingerprint density at radius 2 is 1.96 bits per heavy atom. The normalized spacial score (nSPS) is 12.2. The number of amides is 1. The lowest BCUT2D eigenvalue weighted by molar-refractivity contribution is 0.102. The van der Waals surface area contributed by atoms with Crippen LogP contribution in [-0.2, 0) is 0 Å². The molecule has 2 aromatic carbocycles. The van der Waals surface area contributed by atoms with Crippen LogP contribution in [0.25, 0.3) is 10.6 Å². The molecular formula is C16H10ClN3O3S. The molecule has 8 heteroatoms. The standard InChI is InChI=1S/C16H10ClN3O3S/c17-11-4-2-1-3-10(11)15-19-20-16(24-15)18-14(21)9-5-6-12-13(7-9)23-8-22-12/h1-7H,8H2,(H,18,20,21). The lowest BCUT2D eigenvalue weighted by atomic mass is 10.2. The third-order valence-electron chi connectivity index (χ3n) is 3.38. The Labute approximate surface area is 146 Å². The number of benzene rings is 2. The number of aromatic nitrogens is 2. The van der Waals surface area contributed by atoms with E-state index in [0.29, 0.717) is 32.2 Å². The van der Waals surface area contributed by atoms with Gasteiger partial charge in [-0.1, -0.05) is 41.1 Å². The number of anilines is 1. The summed E-state index contributed by atoms with van der Waals surface area (Å²) in [6.07, 6.45) is 0. The van der Waals surface area contributed by atoms with Gasteiger partial charge in [-0.15, -0.1) is 10.2 Å². The highest BCUT2D eigenvalue weighted by Gasteiger charge is 2.17. The van der Waals surface area contributed by atoms with E-state index in [4.69, 9.17) is 21.1 Å². The number of carbonyl (C=O) groups excluding carboxylic acids is 1. The molecule has 3 aromatic rings. The second-order valence-corrected chi connectivity index (χ2v) is 6.30. The van der Waals surface area contributed by atoms with E-state index < -0.39 is 0 Å². The van der Waals surface area contributed by atoms with Crippen molar-refractivity contribution in [2.45, 2.75) is 0 Å². The average Bonchev–Trinajstić information content (AvgIpc) is 3.23. The summed E-state index contributed by atoms with van der Waals surface area (Å²) in [6, 6.07) is 12.3. The molecule has 0 fully saturated rings. The quantitative estimate of drug-likeness (QED) is 0.769. The summed E-state index contributed by atoms with van der Waals surface area (Å²) in [6.45, 7) is 0.165. The Balaban J connectivity index is 1.54. The van der Waals surface area contributed by atoms with Crippen LogP contribution in [0.1, 0.15) is 10.4 Å².